The Kier molecular flexibility index (Phi) is 5.51. The van der Waals surface area contributed by atoms with Gasteiger partial charge in [0.05, 0.1) is 4.90 Å². The zero-order valence-electron chi connectivity index (χ0n) is 17.9. The van der Waals surface area contributed by atoms with Gasteiger partial charge in [-0.05, 0) is 60.6 Å². The van der Waals surface area contributed by atoms with Crippen LogP contribution in [0, 0.1) is 5.92 Å². The first-order valence-corrected chi connectivity index (χ1v) is 12.7. The average Bonchev–Trinajstić information content (AvgIpc) is 3.44. The van der Waals surface area contributed by atoms with E-state index in [1.165, 1.54) is 0 Å². The minimum Gasteiger partial charge on any atom is -0.338 e. The molecule has 1 saturated carbocycles. The van der Waals surface area contributed by atoms with E-state index in [0.717, 1.165) is 48.2 Å². The first-order chi connectivity index (χ1) is 15.4. The molecule has 2 aliphatic heterocycles. The summed E-state index contributed by atoms with van der Waals surface area (Å²) in [4.78, 5) is 28.1. The molecule has 1 aliphatic carbocycles. The van der Waals surface area contributed by atoms with Crippen molar-refractivity contribution in [2.45, 2.75) is 50.1 Å². The molecule has 2 heterocycles. The number of nitrogens with zero attached hydrogens (tertiary/aromatic N) is 2. The van der Waals surface area contributed by atoms with Crippen LogP contribution in [0.4, 0.5) is 5.69 Å². The van der Waals surface area contributed by atoms with Crippen molar-refractivity contribution in [1.82, 2.24) is 9.62 Å². The van der Waals surface area contributed by atoms with E-state index in [-0.39, 0.29) is 29.2 Å². The summed E-state index contributed by atoms with van der Waals surface area (Å²) in [6, 6.07) is 12.7. The first kappa shape index (κ1) is 21.2. The Balaban J connectivity index is 1.22. The summed E-state index contributed by atoms with van der Waals surface area (Å²) < 4.78 is 28.3. The third-order valence-corrected chi connectivity index (χ3v) is 7.88. The molecule has 0 radical (unpaired) electrons. The van der Waals surface area contributed by atoms with Crippen LogP contribution in [0.25, 0.3) is 0 Å². The SMILES string of the molecule is O=C1CCCN1Cc1ccc(CNS(=O)(=O)c2ccc3c(c2)CCN3C(=O)C2CC2)cc1. The minimum atomic E-state index is -3.66. The molecule has 5 rings (SSSR count). The second-order valence-electron chi connectivity index (χ2n) is 8.86. The van der Waals surface area contributed by atoms with E-state index in [4.69, 9.17) is 0 Å². The second kappa shape index (κ2) is 8.33. The zero-order valence-corrected chi connectivity index (χ0v) is 18.7. The number of fused-ring (bicyclic) bond motifs is 1. The molecule has 1 N–H and O–H groups in total. The summed E-state index contributed by atoms with van der Waals surface area (Å²) >= 11 is 0. The van der Waals surface area contributed by atoms with Gasteiger partial charge in [-0.25, -0.2) is 13.1 Å². The van der Waals surface area contributed by atoms with Crippen molar-refractivity contribution < 1.29 is 18.0 Å². The van der Waals surface area contributed by atoms with Gasteiger partial charge < -0.3 is 9.80 Å². The highest BCUT2D eigenvalue weighted by molar-refractivity contribution is 7.89. The van der Waals surface area contributed by atoms with Gasteiger partial charge in [0.15, 0.2) is 0 Å². The first-order valence-electron chi connectivity index (χ1n) is 11.2. The van der Waals surface area contributed by atoms with Gasteiger partial charge in [-0.3, -0.25) is 9.59 Å². The van der Waals surface area contributed by atoms with Gasteiger partial charge in [-0.15, -0.1) is 0 Å². The number of nitrogens with one attached hydrogen (secondary N) is 1. The van der Waals surface area contributed by atoms with Crippen molar-refractivity contribution in [2.75, 3.05) is 18.0 Å². The van der Waals surface area contributed by atoms with E-state index in [2.05, 4.69) is 4.72 Å². The summed E-state index contributed by atoms with van der Waals surface area (Å²) in [5.41, 5.74) is 3.64. The maximum atomic E-state index is 12.8. The number of sulfonamides is 1. The number of carbonyl (C=O) groups is 2. The van der Waals surface area contributed by atoms with Crippen molar-refractivity contribution in [1.29, 1.82) is 0 Å². The minimum absolute atomic E-state index is 0.147. The van der Waals surface area contributed by atoms with Crippen LogP contribution >= 0.6 is 0 Å². The molecular formula is C24H27N3O4S. The van der Waals surface area contributed by atoms with Gasteiger partial charge in [0.2, 0.25) is 21.8 Å². The Labute approximate surface area is 188 Å². The van der Waals surface area contributed by atoms with Crippen molar-refractivity contribution in [3.63, 3.8) is 0 Å². The van der Waals surface area contributed by atoms with Crippen LogP contribution in [0.1, 0.15) is 42.4 Å². The molecule has 0 atom stereocenters. The number of benzene rings is 2. The lowest BCUT2D eigenvalue weighted by molar-refractivity contribution is -0.128. The summed E-state index contributed by atoms with van der Waals surface area (Å²) in [7, 11) is -3.66. The quantitative estimate of drug-likeness (QED) is 0.698. The molecule has 2 amide bonds. The molecule has 1 saturated heterocycles. The number of hydrogen-bond donors (Lipinski definition) is 1. The van der Waals surface area contributed by atoms with Gasteiger partial charge >= 0.3 is 0 Å². The van der Waals surface area contributed by atoms with Crippen molar-refractivity contribution >= 4 is 27.5 Å². The maximum Gasteiger partial charge on any atom is 0.240 e. The predicted molar refractivity (Wildman–Crippen MR) is 120 cm³/mol. The Morgan fingerprint density at radius 3 is 2.44 bits per heavy atom. The maximum absolute atomic E-state index is 12.8. The van der Waals surface area contributed by atoms with Crippen molar-refractivity contribution in [3.8, 4) is 0 Å². The van der Waals surface area contributed by atoms with Crippen LogP contribution in [0.5, 0.6) is 0 Å². The zero-order chi connectivity index (χ0) is 22.3. The lowest BCUT2D eigenvalue weighted by atomic mass is 10.1. The van der Waals surface area contributed by atoms with Gasteiger partial charge in [-0.2, -0.15) is 0 Å². The molecule has 0 unspecified atom stereocenters. The fraction of sp³-hybridized carbons (Fsp3) is 0.417. The van der Waals surface area contributed by atoms with Crippen LogP contribution in [-0.4, -0.2) is 38.2 Å². The Morgan fingerprint density at radius 2 is 1.75 bits per heavy atom. The molecule has 3 aliphatic rings. The fourth-order valence-corrected chi connectivity index (χ4v) is 5.51. The summed E-state index contributed by atoms with van der Waals surface area (Å²) in [5, 5.41) is 0. The van der Waals surface area contributed by atoms with Crippen LogP contribution in [0.3, 0.4) is 0 Å². The lowest BCUT2D eigenvalue weighted by Gasteiger charge is -2.17. The molecule has 2 aromatic rings. The smallest absolute Gasteiger partial charge is 0.240 e. The highest BCUT2D eigenvalue weighted by Crippen LogP contribution is 2.37. The predicted octanol–water partition coefficient (Wildman–Crippen LogP) is 2.59. The highest BCUT2D eigenvalue weighted by atomic mass is 32.2. The number of carbonyl (C=O) groups excluding carboxylic acids is 2. The number of likely N-dealkylation sites (tertiary alicyclic amines) is 1. The summed E-state index contributed by atoms with van der Waals surface area (Å²) in [5.74, 6) is 0.500. The largest absolute Gasteiger partial charge is 0.338 e. The molecule has 7 nitrogen and oxygen atoms in total. The molecule has 32 heavy (non-hydrogen) atoms. The second-order valence-corrected chi connectivity index (χ2v) is 10.6. The fourth-order valence-electron chi connectivity index (χ4n) is 4.44. The van der Waals surface area contributed by atoms with Crippen LogP contribution in [-0.2, 0) is 39.1 Å². The standard InChI is InChI=1S/C24H27N3O4S/c28-23-2-1-12-26(23)16-18-5-3-17(4-6-18)15-25-32(30,31)21-9-10-22-20(14-21)11-13-27(22)24(29)19-7-8-19/h3-6,9-10,14,19,25H,1-2,7-8,11-13,15-16H2. The third-order valence-electron chi connectivity index (χ3n) is 6.48. The van der Waals surface area contributed by atoms with E-state index in [9.17, 15) is 18.0 Å². The van der Waals surface area contributed by atoms with E-state index in [0.29, 0.717) is 25.9 Å². The Bertz CT molecular complexity index is 1160. The number of hydrogen-bond acceptors (Lipinski definition) is 4. The van der Waals surface area contributed by atoms with Gasteiger partial charge in [0.25, 0.3) is 0 Å². The molecule has 0 bridgehead atoms. The Morgan fingerprint density at radius 1 is 1.00 bits per heavy atom. The lowest BCUT2D eigenvalue weighted by Crippen LogP contribution is -2.30. The number of anilines is 1. The van der Waals surface area contributed by atoms with E-state index in [1.54, 1.807) is 23.1 Å². The van der Waals surface area contributed by atoms with Gasteiger partial charge in [0.1, 0.15) is 0 Å². The third kappa shape index (κ3) is 4.29. The van der Waals surface area contributed by atoms with Gasteiger partial charge in [-0.1, -0.05) is 24.3 Å². The van der Waals surface area contributed by atoms with Gasteiger partial charge in [0, 0.05) is 44.2 Å². The average molecular weight is 454 g/mol. The van der Waals surface area contributed by atoms with Crippen molar-refractivity contribution in [2.24, 2.45) is 5.92 Å². The number of amides is 2. The molecule has 168 valence electrons. The van der Waals surface area contributed by atoms with Crippen LogP contribution in [0.15, 0.2) is 47.4 Å². The molecule has 0 aromatic heterocycles. The molecule has 2 aromatic carbocycles. The normalized spacial score (nSPS) is 18.3. The van der Waals surface area contributed by atoms with E-state index < -0.39 is 10.0 Å². The molecular weight excluding hydrogens is 426 g/mol. The van der Waals surface area contributed by atoms with Crippen molar-refractivity contribution in [3.05, 3.63) is 59.2 Å². The highest BCUT2D eigenvalue weighted by Gasteiger charge is 2.36. The summed E-state index contributed by atoms with van der Waals surface area (Å²) in [6.07, 6.45) is 4.13. The monoisotopic (exact) mass is 453 g/mol. The molecule has 0 spiro atoms. The molecule has 2 fully saturated rings. The van der Waals surface area contributed by atoms with E-state index in [1.807, 2.05) is 29.2 Å². The van der Waals surface area contributed by atoms with Crippen LogP contribution in [0.2, 0.25) is 0 Å². The summed E-state index contributed by atoms with van der Waals surface area (Å²) in [6.45, 7) is 2.21. The van der Waals surface area contributed by atoms with E-state index >= 15 is 0 Å². The number of rotatable bonds is 7. The Hall–Kier alpha value is -2.71. The topological polar surface area (TPSA) is 86.8 Å². The molecule has 8 heteroatoms. The van der Waals surface area contributed by atoms with Crippen LogP contribution < -0.4 is 9.62 Å².